The molecule has 2 fully saturated rings. The minimum Gasteiger partial charge on any atom is -0.507 e. The molecule has 7 nitrogen and oxygen atoms in total. The summed E-state index contributed by atoms with van der Waals surface area (Å²) in [6, 6.07) is 15.7. The number of Topliss-reactive ketones (excluding diaryl/α,β-unsaturated/α-hetero) is 1. The largest absolute Gasteiger partial charge is 0.507 e. The van der Waals surface area contributed by atoms with Crippen LogP contribution in [-0.2, 0) is 16.0 Å². The van der Waals surface area contributed by atoms with E-state index in [9.17, 15) is 14.7 Å². The number of ketones is 1. The summed E-state index contributed by atoms with van der Waals surface area (Å²) >= 11 is 0. The summed E-state index contributed by atoms with van der Waals surface area (Å²) in [6.07, 6.45) is 7.00. The Morgan fingerprint density at radius 3 is 2.31 bits per heavy atom. The third-order valence-corrected chi connectivity index (χ3v) is 7.09. The van der Waals surface area contributed by atoms with Gasteiger partial charge in [0.05, 0.1) is 11.6 Å². The molecule has 0 bridgehead atoms. The molecule has 7 heteroatoms. The van der Waals surface area contributed by atoms with Crippen LogP contribution >= 0.6 is 0 Å². The minimum absolute atomic E-state index is 0.0353. The standard InChI is InChI=1S/C28H28N2O5/c31-16-14-18-6-8-21(9-7-18)26(32)24-25(20-4-2-1-3-5-20)30(28(34)27(24)33)22-12-10-19(11-13-22)23-15-17-35-29-23/h6-13,15,17,20,25,31-32H,1-5,14,16H2/b26-24-. The summed E-state index contributed by atoms with van der Waals surface area (Å²) in [5.41, 5.74) is 3.75. The van der Waals surface area contributed by atoms with E-state index in [0.29, 0.717) is 23.4 Å². The Bertz CT molecular complexity index is 1220. The predicted molar refractivity (Wildman–Crippen MR) is 132 cm³/mol. The summed E-state index contributed by atoms with van der Waals surface area (Å²) in [5.74, 6) is -1.33. The molecule has 2 aliphatic rings. The minimum atomic E-state index is -0.655. The van der Waals surface area contributed by atoms with Gasteiger partial charge in [0.1, 0.15) is 17.7 Å². The topological polar surface area (TPSA) is 104 Å². The summed E-state index contributed by atoms with van der Waals surface area (Å²) in [5, 5.41) is 24.4. The average molecular weight is 473 g/mol. The van der Waals surface area contributed by atoms with Crippen LogP contribution in [0.25, 0.3) is 17.0 Å². The highest BCUT2D eigenvalue weighted by molar-refractivity contribution is 6.51. The molecule has 1 saturated carbocycles. The van der Waals surface area contributed by atoms with Crippen LogP contribution in [0.2, 0.25) is 0 Å². The zero-order chi connectivity index (χ0) is 24.4. The first-order chi connectivity index (χ1) is 17.1. The van der Waals surface area contributed by atoms with E-state index < -0.39 is 17.7 Å². The molecule has 35 heavy (non-hydrogen) atoms. The van der Waals surface area contributed by atoms with E-state index in [4.69, 9.17) is 9.63 Å². The molecule has 2 heterocycles. The number of carbonyl (C=O) groups excluding carboxylic acids is 2. The van der Waals surface area contributed by atoms with Gasteiger partial charge in [0.25, 0.3) is 11.7 Å². The van der Waals surface area contributed by atoms with Gasteiger partial charge in [-0.3, -0.25) is 14.5 Å². The summed E-state index contributed by atoms with van der Waals surface area (Å²) in [6.45, 7) is 0.0353. The Hall–Kier alpha value is -3.71. The molecular formula is C28H28N2O5. The number of rotatable bonds is 6. The van der Waals surface area contributed by atoms with Gasteiger partial charge in [0.15, 0.2) is 0 Å². The lowest BCUT2D eigenvalue weighted by atomic mass is 9.80. The van der Waals surface area contributed by atoms with Crippen molar-refractivity contribution in [2.24, 2.45) is 5.92 Å². The third-order valence-electron chi connectivity index (χ3n) is 7.09. The van der Waals surface area contributed by atoms with E-state index >= 15 is 0 Å². The monoisotopic (exact) mass is 472 g/mol. The van der Waals surface area contributed by atoms with E-state index in [0.717, 1.165) is 43.2 Å². The van der Waals surface area contributed by atoms with E-state index in [1.54, 1.807) is 23.1 Å². The number of benzene rings is 2. The van der Waals surface area contributed by atoms with Crippen molar-refractivity contribution in [1.82, 2.24) is 5.16 Å². The van der Waals surface area contributed by atoms with Crippen LogP contribution in [0.1, 0.15) is 43.2 Å². The van der Waals surface area contributed by atoms with Gasteiger partial charge in [-0.1, -0.05) is 60.8 Å². The summed E-state index contributed by atoms with van der Waals surface area (Å²) in [4.78, 5) is 28.2. The van der Waals surface area contributed by atoms with Crippen LogP contribution in [0.15, 0.2) is 71.0 Å². The third kappa shape index (κ3) is 4.39. The van der Waals surface area contributed by atoms with Crippen LogP contribution in [0.3, 0.4) is 0 Å². The fourth-order valence-electron chi connectivity index (χ4n) is 5.30. The van der Waals surface area contributed by atoms with Gasteiger partial charge in [0.2, 0.25) is 0 Å². The highest BCUT2D eigenvalue weighted by Crippen LogP contribution is 2.41. The second kappa shape index (κ2) is 9.88. The van der Waals surface area contributed by atoms with Crippen molar-refractivity contribution in [3.05, 3.63) is 77.6 Å². The lowest BCUT2D eigenvalue weighted by molar-refractivity contribution is -0.132. The first-order valence-corrected chi connectivity index (χ1v) is 12.1. The maximum atomic E-state index is 13.3. The number of carbonyl (C=O) groups is 2. The number of anilines is 1. The Balaban J connectivity index is 1.56. The maximum absolute atomic E-state index is 13.3. The Labute approximate surface area is 203 Å². The molecule has 180 valence electrons. The quantitative estimate of drug-likeness (QED) is 0.306. The molecule has 1 amide bonds. The Morgan fingerprint density at radius 2 is 1.69 bits per heavy atom. The van der Waals surface area contributed by atoms with E-state index in [1.807, 2.05) is 36.4 Å². The molecule has 1 saturated heterocycles. The van der Waals surface area contributed by atoms with Gasteiger partial charge < -0.3 is 14.7 Å². The fourth-order valence-corrected chi connectivity index (χ4v) is 5.30. The van der Waals surface area contributed by atoms with Crippen molar-refractivity contribution < 1.29 is 24.3 Å². The first-order valence-electron chi connectivity index (χ1n) is 12.1. The predicted octanol–water partition coefficient (Wildman–Crippen LogP) is 4.71. The zero-order valence-electron chi connectivity index (χ0n) is 19.4. The molecule has 1 atom stereocenters. The molecule has 1 aromatic heterocycles. The Kier molecular flexibility index (Phi) is 6.51. The molecule has 0 spiro atoms. The van der Waals surface area contributed by atoms with Crippen LogP contribution in [0, 0.1) is 5.92 Å². The highest BCUT2D eigenvalue weighted by Gasteiger charge is 2.49. The van der Waals surface area contributed by atoms with E-state index in [2.05, 4.69) is 5.16 Å². The molecule has 2 aromatic carbocycles. The van der Waals surface area contributed by atoms with Crippen LogP contribution in [-0.4, -0.2) is 39.7 Å². The second-order valence-electron chi connectivity index (χ2n) is 9.21. The van der Waals surface area contributed by atoms with Gasteiger partial charge >= 0.3 is 0 Å². The van der Waals surface area contributed by atoms with Crippen molar-refractivity contribution in [1.29, 1.82) is 0 Å². The number of hydrogen-bond donors (Lipinski definition) is 2. The fraction of sp³-hybridized carbons (Fsp3) is 0.321. The number of aliphatic hydroxyl groups excluding tert-OH is 2. The van der Waals surface area contributed by atoms with E-state index in [-0.39, 0.29) is 23.9 Å². The van der Waals surface area contributed by atoms with Gasteiger partial charge in [-0.05, 0) is 42.9 Å². The average Bonchev–Trinajstić information content (AvgIpc) is 3.52. The van der Waals surface area contributed by atoms with Crippen LogP contribution in [0.5, 0.6) is 0 Å². The molecule has 3 aromatic rings. The van der Waals surface area contributed by atoms with Crippen molar-refractivity contribution in [2.75, 3.05) is 11.5 Å². The molecule has 0 radical (unpaired) electrons. The van der Waals surface area contributed by atoms with Crippen LogP contribution in [0.4, 0.5) is 5.69 Å². The van der Waals surface area contributed by atoms with E-state index in [1.165, 1.54) is 6.26 Å². The zero-order valence-corrected chi connectivity index (χ0v) is 19.4. The number of aromatic nitrogens is 1. The normalized spacial score (nSPS) is 20.5. The molecule has 1 unspecified atom stereocenters. The number of hydrogen-bond acceptors (Lipinski definition) is 6. The van der Waals surface area contributed by atoms with Gasteiger partial charge in [-0.2, -0.15) is 0 Å². The number of nitrogens with zero attached hydrogens (tertiary/aromatic N) is 2. The van der Waals surface area contributed by atoms with Crippen LogP contribution < -0.4 is 4.90 Å². The molecule has 1 aliphatic carbocycles. The van der Waals surface area contributed by atoms with Crippen molar-refractivity contribution >= 4 is 23.1 Å². The van der Waals surface area contributed by atoms with Gasteiger partial charge in [-0.25, -0.2) is 0 Å². The molecule has 5 rings (SSSR count). The molecular weight excluding hydrogens is 444 g/mol. The molecule has 2 N–H and O–H groups in total. The summed E-state index contributed by atoms with van der Waals surface area (Å²) < 4.78 is 4.92. The first kappa shape index (κ1) is 23.1. The lowest BCUT2D eigenvalue weighted by Gasteiger charge is -2.34. The van der Waals surface area contributed by atoms with Crippen molar-refractivity contribution in [3.8, 4) is 11.3 Å². The van der Waals surface area contributed by atoms with Gasteiger partial charge in [-0.15, -0.1) is 0 Å². The SMILES string of the molecule is O=C1C(=O)N(c2ccc(-c3ccon3)cc2)C(C2CCCCC2)/C1=C(/O)c1ccc(CCO)cc1. The second-order valence-corrected chi connectivity index (χ2v) is 9.21. The lowest BCUT2D eigenvalue weighted by Crippen LogP contribution is -2.40. The maximum Gasteiger partial charge on any atom is 0.299 e. The smallest absolute Gasteiger partial charge is 0.299 e. The molecule has 1 aliphatic heterocycles. The van der Waals surface area contributed by atoms with Gasteiger partial charge in [0, 0.05) is 29.5 Å². The Morgan fingerprint density at radius 1 is 0.971 bits per heavy atom. The number of amides is 1. The highest BCUT2D eigenvalue weighted by atomic mass is 16.5. The van der Waals surface area contributed by atoms with Crippen molar-refractivity contribution in [2.45, 2.75) is 44.6 Å². The summed E-state index contributed by atoms with van der Waals surface area (Å²) in [7, 11) is 0. The van der Waals surface area contributed by atoms with Crippen molar-refractivity contribution in [3.63, 3.8) is 0 Å². The number of aliphatic hydroxyl groups is 2.